The first kappa shape index (κ1) is 14.4. The zero-order chi connectivity index (χ0) is 16.7. The van der Waals surface area contributed by atoms with Crippen LogP contribution >= 0.6 is 0 Å². The second kappa shape index (κ2) is 5.45. The van der Waals surface area contributed by atoms with E-state index in [1.165, 1.54) is 0 Å². The van der Waals surface area contributed by atoms with Gasteiger partial charge < -0.3 is 5.11 Å². The topological polar surface area (TPSA) is 62.2 Å². The van der Waals surface area contributed by atoms with Crippen LogP contribution in [0.2, 0.25) is 0 Å². The van der Waals surface area contributed by atoms with Crippen LogP contribution in [-0.4, -0.2) is 14.5 Å². The van der Waals surface area contributed by atoms with E-state index in [2.05, 4.69) is 15.2 Å². The number of aromatic hydroxyl groups is 1. The van der Waals surface area contributed by atoms with Crippen molar-refractivity contribution in [3.8, 4) is 5.75 Å². The van der Waals surface area contributed by atoms with E-state index < -0.39 is 0 Å². The van der Waals surface area contributed by atoms with Gasteiger partial charge in [-0.15, -0.1) is 10.2 Å². The number of hydrogen-bond donors (Lipinski definition) is 1. The average molecular weight is 316 g/mol. The third kappa shape index (κ3) is 2.22. The molecule has 0 spiro atoms. The molecule has 4 rings (SSSR count). The molecular formula is C19H16N4O. The molecule has 0 amide bonds. The molecule has 1 N–H and O–H groups in total. The first-order valence-electron chi connectivity index (χ1n) is 7.72. The lowest BCUT2D eigenvalue weighted by atomic mass is 10.1. The number of hydrogen-bond acceptors (Lipinski definition) is 4. The number of fused-ring (bicyclic) bond motifs is 2. The molecule has 2 aromatic heterocycles. The average Bonchev–Trinajstić information content (AvgIpc) is 2.90. The summed E-state index contributed by atoms with van der Waals surface area (Å²) >= 11 is 0. The van der Waals surface area contributed by atoms with Crippen molar-refractivity contribution in [2.75, 3.05) is 0 Å². The molecule has 24 heavy (non-hydrogen) atoms. The number of aromatic nitrogens is 2. The molecule has 0 saturated heterocycles. The molecule has 0 atom stereocenters. The van der Waals surface area contributed by atoms with Crippen molar-refractivity contribution in [1.29, 1.82) is 0 Å². The Morgan fingerprint density at radius 1 is 0.875 bits per heavy atom. The Balaban J connectivity index is 1.88. The standard InChI is InChI=1S/C19H16N4O/c1-12-6-3-11-18-20-13(2)19(23(12)18)22-21-16-9-4-8-15-14(16)7-5-10-17(15)24/h3-11,24H,1-2H3. The first-order chi connectivity index (χ1) is 11.6. The second-order valence-electron chi connectivity index (χ2n) is 5.73. The Hall–Kier alpha value is -3.21. The van der Waals surface area contributed by atoms with E-state index in [0.717, 1.165) is 33.6 Å². The van der Waals surface area contributed by atoms with Crippen LogP contribution in [0.1, 0.15) is 11.4 Å². The minimum atomic E-state index is 0.242. The second-order valence-corrected chi connectivity index (χ2v) is 5.73. The van der Waals surface area contributed by atoms with Crippen LogP contribution < -0.4 is 0 Å². The fourth-order valence-corrected chi connectivity index (χ4v) is 2.93. The van der Waals surface area contributed by atoms with Gasteiger partial charge in [0.2, 0.25) is 0 Å². The van der Waals surface area contributed by atoms with E-state index in [1.807, 2.05) is 60.7 Å². The van der Waals surface area contributed by atoms with Gasteiger partial charge in [-0.1, -0.05) is 30.3 Å². The molecule has 0 aliphatic rings. The smallest absolute Gasteiger partial charge is 0.182 e. The molecule has 5 nitrogen and oxygen atoms in total. The van der Waals surface area contributed by atoms with Gasteiger partial charge in [0.05, 0.1) is 11.4 Å². The summed E-state index contributed by atoms with van der Waals surface area (Å²) in [6, 6.07) is 17.0. The molecule has 0 aliphatic heterocycles. The summed E-state index contributed by atoms with van der Waals surface area (Å²) in [7, 11) is 0. The quantitative estimate of drug-likeness (QED) is 0.515. The number of phenols is 1. The van der Waals surface area contributed by atoms with E-state index >= 15 is 0 Å². The van der Waals surface area contributed by atoms with E-state index in [1.54, 1.807) is 12.1 Å². The van der Waals surface area contributed by atoms with Gasteiger partial charge in [-0.05, 0) is 38.1 Å². The first-order valence-corrected chi connectivity index (χ1v) is 7.72. The molecule has 0 aliphatic carbocycles. The van der Waals surface area contributed by atoms with Crippen molar-refractivity contribution in [3.05, 3.63) is 66.0 Å². The normalized spacial score (nSPS) is 11.8. The minimum absolute atomic E-state index is 0.242. The fourth-order valence-electron chi connectivity index (χ4n) is 2.93. The maximum atomic E-state index is 9.98. The highest BCUT2D eigenvalue weighted by atomic mass is 16.3. The van der Waals surface area contributed by atoms with Crippen molar-refractivity contribution < 1.29 is 5.11 Å². The fraction of sp³-hybridized carbons (Fsp3) is 0.105. The monoisotopic (exact) mass is 316 g/mol. The predicted molar refractivity (Wildman–Crippen MR) is 94.5 cm³/mol. The van der Waals surface area contributed by atoms with Crippen LogP contribution in [0.15, 0.2) is 64.8 Å². The third-order valence-corrected chi connectivity index (χ3v) is 4.11. The molecule has 2 heterocycles. The van der Waals surface area contributed by atoms with Crippen molar-refractivity contribution in [2.24, 2.45) is 10.2 Å². The number of rotatable bonds is 2. The van der Waals surface area contributed by atoms with Gasteiger partial charge in [0, 0.05) is 16.5 Å². The van der Waals surface area contributed by atoms with Gasteiger partial charge in [0.1, 0.15) is 11.4 Å². The Kier molecular flexibility index (Phi) is 3.27. The summed E-state index contributed by atoms with van der Waals surface area (Å²) in [6.45, 7) is 3.94. The highest BCUT2D eigenvalue weighted by Gasteiger charge is 2.10. The number of azo groups is 1. The molecule has 4 aromatic rings. The van der Waals surface area contributed by atoms with Gasteiger partial charge in [-0.25, -0.2) is 4.98 Å². The number of aryl methyl sites for hydroxylation is 2. The molecule has 0 unspecified atom stereocenters. The van der Waals surface area contributed by atoms with Gasteiger partial charge in [-0.2, -0.15) is 0 Å². The van der Waals surface area contributed by atoms with E-state index in [9.17, 15) is 5.11 Å². The van der Waals surface area contributed by atoms with Crippen molar-refractivity contribution in [3.63, 3.8) is 0 Å². The maximum absolute atomic E-state index is 9.98. The predicted octanol–water partition coefficient (Wildman–Crippen LogP) is 5.23. The highest BCUT2D eigenvalue weighted by Crippen LogP contribution is 2.33. The van der Waals surface area contributed by atoms with Crippen LogP contribution in [0, 0.1) is 13.8 Å². The van der Waals surface area contributed by atoms with Gasteiger partial charge in [-0.3, -0.25) is 4.40 Å². The maximum Gasteiger partial charge on any atom is 0.182 e. The number of imidazole rings is 1. The summed E-state index contributed by atoms with van der Waals surface area (Å²) < 4.78 is 1.99. The van der Waals surface area contributed by atoms with Crippen LogP contribution in [0.5, 0.6) is 5.75 Å². The van der Waals surface area contributed by atoms with E-state index in [0.29, 0.717) is 5.69 Å². The Morgan fingerprint density at radius 2 is 1.62 bits per heavy atom. The van der Waals surface area contributed by atoms with Crippen LogP contribution in [0.4, 0.5) is 11.5 Å². The largest absolute Gasteiger partial charge is 0.507 e. The van der Waals surface area contributed by atoms with Crippen LogP contribution in [0.3, 0.4) is 0 Å². The van der Waals surface area contributed by atoms with Crippen molar-refractivity contribution >= 4 is 27.9 Å². The SMILES string of the molecule is Cc1nc2cccc(C)n2c1N=Nc1cccc2c(O)cccc12. The molecule has 2 aromatic carbocycles. The summed E-state index contributed by atoms with van der Waals surface area (Å²) in [5, 5.41) is 20.5. The van der Waals surface area contributed by atoms with E-state index in [4.69, 9.17) is 0 Å². The Bertz CT molecular complexity index is 1100. The summed E-state index contributed by atoms with van der Waals surface area (Å²) in [5.74, 6) is 0.964. The van der Waals surface area contributed by atoms with Gasteiger partial charge in [0.25, 0.3) is 0 Å². The van der Waals surface area contributed by atoms with Crippen molar-refractivity contribution in [1.82, 2.24) is 9.38 Å². The molecule has 0 radical (unpaired) electrons. The van der Waals surface area contributed by atoms with Crippen LogP contribution in [-0.2, 0) is 0 Å². The Morgan fingerprint density at radius 3 is 2.50 bits per heavy atom. The van der Waals surface area contributed by atoms with Gasteiger partial charge >= 0.3 is 0 Å². The number of nitrogens with zero attached hydrogens (tertiary/aromatic N) is 4. The summed E-state index contributed by atoms with van der Waals surface area (Å²) in [4.78, 5) is 4.53. The summed E-state index contributed by atoms with van der Waals surface area (Å²) in [5.41, 5.74) is 3.46. The minimum Gasteiger partial charge on any atom is -0.507 e. The third-order valence-electron chi connectivity index (χ3n) is 4.11. The Labute approximate surface area is 138 Å². The molecule has 0 saturated carbocycles. The number of phenolic OH excluding ortho intramolecular Hbond substituents is 1. The molecular weight excluding hydrogens is 300 g/mol. The lowest BCUT2D eigenvalue weighted by Gasteiger charge is -2.03. The number of benzene rings is 2. The lowest BCUT2D eigenvalue weighted by molar-refractivity contribution is 0.481. The lowest BCUT2D eigenvalue weighted by Crippen LogP contribution is -1.89. The number of pyridine rings is 1. The molecule has 0 bridgehead atoms. The molecule has 118 valence electrons. The molecule has 0 fully saturated rings. The van der Waals surface area contributed by atoms with Gasteiger partial charge in [0.15, 0.2) is 5.82 Å². The highest BCUT2D eigenvalue weighted by molar-refractivity contribution is 5.96. The molecule has 5 heteroatoms. The zero-order valence-corrected chi connectivity index (χ0v) is 13.4. The zero-order valence-electron chi connectivity index (χ0n) is 13.4. The van der Waals surface area contributed by atoms with Crippen LogP contribution in [0.25, 0.3) is 16.4 Å². The summed E-state index contributed by atoms with van der Waals surface area (Å²) in [6.07, 6.45) is 0. The van der Waals surface area contributed by atoms with E-state index in [-0.39, 0.29) is 5.75 Å². The van der Waals surface area contributed by atoms with Crippen molar-refractivity contribution in [2.45, 2.75) is 13.8 Å².